The quantitative estimate of drug-likeness (QED) is 0.159. The fourth-order valence-electron chi connectivity index (χ4n) is 3.64. The first-order valence-electron chi connectivity index (χ1n) is 10.2. The summed E-state index contributed by atoms with van der Waals surface area (Å²) in [5, 5.41) is 17.5. The SMILES string of the molecule is N=C/C=N\[NH2+]c1cccc(Nc2nc(NC3CCCc4cccnc43)ncc2C(N)=O)c1. The maximum Gasteiger partial charge on any atom is 0.254 e. The van der Waals surface area contributed by atoms with E-state index in [-0.39, 0.29) is 11.6 Å². The first-order valence-corrected chi connectivity index (χ1v) is 10.2. The number of nitrogens with one attached hydrogen (secondary N) is 3. The number of benzene rings is 1. The van der Waals surface area contributed by atoms with E-state index in [1.165, 1.54) is 18.0 Å². The molecule has 7 N–H and O–H groups in total. The van der Waals surface area contributed by atoms with Gasteiger partial charge in [0.25, 0.3) is 5.91 Å². The van der Waals surface area contributed by atoms with E-state index in [4.69, 9.17) is 11.1 Å². The number of carbonyl (C=O) groups is 1. The number of pyridine rings is 1. The molecule has 0 radical (unpaired) electrons. The van der Waals surface area contributed by atoms with Gasteiger partial charge in [-0.3, -0.25) is 9.78 Å². The molecule has 1 amide bonds. The summed E-state index contributed by atoms with van der Waals surface area (Å²) in [6.45, 7) is 0. The molecular formula is C22H24N9O+. The van der Waals surface area contributed by atoms with Gasteiger partial charge in [-0.05, 0) is 37.0 Å². The second kappa shape index (κ2) is 9.75. The van der Waals surface area contributed by atoms with E-state index in [2.05, 4.69) is 36.8 Å². The average molecular weight is 430 g/mol. The molecular weight excluding hydrogens is 406 g/mol. The molecule has 10 heteroatoms. The lowest BCUT2D eigenvalue weighted by Gasteiger charge is -2.25. The van der Waals surface area contributed by atoms with Crippen molar-refractivity contribution in [3.8, 4) is 0 Å². The van der Waals surface area contributed by atoms with Crippen LogP contribution in [0.15, 0.2) is 53.9 Å². The van der Waals surface area contributed by atoms with Gasteiger partial charge in [-0.1, -0.05) is 17.2 Å². The van der Waals surface area contributed by atoms with Crippen molar-refractivity contribution >= 4 is 41.5 Å². The van der Waals surface area contributed by atoms with Crippen LogP contribution < -0.4 is 21.8 Å². The van der Waals surface area contributed by atoms with Crippen molar-refractivity contribution in [3.05, 3.63) is 65.6 Å². The minimum Gasteiger partial charge on any atom is -0.365 e. The van der Waals surface area contributed by atoms with Crippen molar-refractivity contribution in [1.29, 1.82) is 5.41 Å². The molecule has 10 nitrogen and oxygen atoms in total. The number of anilines is 3. The second-order valence-electron chi connectivity index (χ2n) is 7.30. The summed E-state index contributed by atoms with van der Waals surface area (Å²) in [5.41, 5.74) is 11.1. The topological polar surface area (TPSA) is 159 Å². The number of hydrogen-bond acceptors (Lipinski definition) is 8. The zero-order valence-electron chi connectivity index (χ0n) is 17.3. The molecule has 162 valence electrons. The summed E-state index contributed by atoms with van der Waals surface area (Å²) in [6.07, 6.45) is 8.67. The Bertz CT molecular complexity index is 1160. The van der Waals surface area contributed by atoms with Gasteiger partial charge in [-0.15, -0.1) is 0 Å². The Morgan fingerprint density at radius 2 is 2.19 bits per heavy atom. The fourth-order valence-corrected chi connectivity index (χ4v) is 3.64. The summed E-state index contributed by atoms with van der Waals surface area (Å²) >= 11 is 0. The molecule has 2 heterocycles. The van der Waals surface area contributed by atoms with Gasteiger partial charge in [-0.2, -0.15) is 10.4 Å². The highest BCUT2D eigenvalue weighted by atomic mass is 16.1. The molecule has 0 aliphatic heterocycles. The van der Waals surface area contributed by atoms with E-state index < -0.39 is 5.91 Å². The highest BCUT2D eigenvalue weighted by molar-refractivity contribution is 6.14. The number of quaternary nitrogens is 1. The van der Waals surface area contributed by atoms with Crippen molar-refractivity contribution in [2.75, 3.05) is 10.6 Å². The van der Waals surface area contributed by atoms with Gasteiger partial charge in [0.1, 0.15) is 17.6 Å². The summed E-state index contributed by atoms with van der Waals surface area (Å²) in [5.74, 6) is 0.0773. The first-order chi connectivity index (χ1) is 15.6. The molecule has 32 heavy (non-hydrogen) atoms. The third kappa shape index (κ3) is 4.93. The molecule has 0 spiro atoms. The van der Waals surface area contributed by atoms with Crippen LogP contribution in [0.2, 0.25) is 0 Å². The Kier molecular flexibility index (Phi) is 6.42. The number of amides is 1. The van der Waals surface area contributed by atoms with Gasteiger partial charge >= 0.3 is 0 Å². The number of rotatable bonds is 8. The lowest BCUT2D eigenvalue weighted by molar-refractivity contribution is -0.576. The van der Waals surface area contributed by atoms with E-state index in [9.17, 15) is 4.79 Å². The van der Waals surface area contributed by atoms with Crippen molar-refractivity contribution in [1.82, 2.24) is 15.0 Å². The zero-order chi connectivity index (χ0) is 22.3. The Balaban J connectivity index is 1.58. The number of aryl methyl sites for hydroxylation is 1. The Morgan fingerprint density at radius 1 is 1.28 bits per heavy atom. The Hall–Kier alpha value is -4.18. The van der Waals surface area contributed by atoms with Gasteiger partial charge in [0.05, 0.1) is 11.7 Å². The first kappa shape index (κ1) is 21.1. The summed E-state index contributed by atoms with van der Waals surface area (Å²) in [6, 6.07) is 11.5. The van der Waals surface area contributed by atoms with Crippen molar-refractivity contribution in [2.45, 2.75) is 25.3 Å². The largest absolute Gasteiger partial charge is 0.365 e. The van der Waals surface area contributed by atoms with Crippen molar-refractivity contribution < 1.29 is 10.2 Å². The fraction of sp³-hybridized carbons (Fsp3) is 0.182. The Labute approximate surface area is 184 Å². The second-order valence-corrected chi connectivity index (χ2v) is 7.30. The zero-order valence-corrected chi connectivity index (χ0v) is 17.3. The van der Waals surface area contributed by atoms with Crippen LogP contribution in [-0.4, -0.2) is 33.3 Å². The molecule has 0 saturated heterocycles. The third-order valence-electron chi connectivity index (χ3n) is 5.09. The molecule has 0 fully saturated rings. The number of primary amides is 1. The molecule has 1 atom stereocenters. The highest BCUT2D eigenvalue weighted by Crippen LogP contribution is 2.30. The van der Waals surface area contributed by atoms with Gasteiger partial charge in [0.2, 0.25) is 5.95 Å². The lowest BCUT2D eigenvalue weighted by Crippen LogP contribution is -2.71. The number of fused-ring (bicyclic) bond motifs is 1. The van der Waals surface area contributed by atoms with Crippen LogP contribution in [0.25, 0.3) is 0 Å². The standard InChI is InChI=1S/C22H23N9O/c23-9-11-27-31-16-7-2-6-15(12-16)28-21-17(20(24)32)13-26-22(30-21)29-18-8-1-4-14-5-3-10-25-19(14)18/h2-3,5-7,9-13,18,23,31H,1,4,8H2,(H2,24,32)(H2,26,28,29,30)/p+1/b23-9?,27-11-. The number of nitrogens with two attached hydrogens (primary N) is 2. The minimum atomic E-state index is -0.623. The van der Waals surface area contributed by atoms with E-state index in [0.29, 0.717) is 17.5 Å². The van der Waals surface area contributed by atoms with Gasteiger partial charge in [-0.25, -0.2) is 4.98 Å². The summed E-state index contributed by atoms with van der Waals surface area (Å²) < 4.78 is 0. The van der Waals surface area contributed by atoms with Gasteiger partial charge < -0.3 is 21.8 Å². The van der Waals surface area contributed by atoms with Crippen LogP contribution in [0.3, 0.4) is 0 Å². The predicted molar refractivity (Wildman–Crippen MR) is 123 cm³/mol. The molecule has 2 aromatic heterocycles. The van der Waals surface area contributed by atoms with Crippen molar-refractivity contribution in [2.24, 2.45) is 10.8 Å². The van der Waals surface area contributed by atoms with Crippen LogP contribution in [0.1, 0.15) is 40.5 Å². The number of carbonyl (C=O) groups excluding carboxylic acids is 1. The van der Waals surface area contributed by atoms with E-state index in [0.717, 1.165) is 36.9 Å². The van der Waals surface area contributed by atoms with Crippen LogP contribution in [-0.2, 0) is 6.42 Å². The molecule has 4 rings (SSSR count). The molecule has 1 unspecified atom stereocenters. The molecule has 0 saturated carbocycles. The molecule has 1 aliphatic carbocycles. The molecule has 1 aliphatic rings. The number of aromatic nitrogens is 3. The maximum atomic E-state index is 11.9. The summed E-state index contributed by atoms with van der Waals surface area (Å²) in [4.78, 5) is 25.3. The average Bonchev–Trinajstić information content (AvgIpc) is 2.80. The van der Waals surface area contributed by atoms with E-state index in [1.807, 2.05) is 30.3 Å². The van der Waals surface area contributed by atoms with Gasteiger partial charge in [0, 0.05) is 36.4 Å². The van der Waals surface area contributed by atoms with Crippen LogP contribution in [0, 0.1) is 5.41 Å². The maximum absolute atomic E-state index is 11.9. The number of nitrogens with zero attached hydrogens (tertiary/aromatic N) is 4. The minimum absolute atomic E-state index is 0.00291. The normalized spacial score (nSPS) is 15.2. The van der Waals surface area contributed by atoms with E-state index >= 15 is 0 Å². The third-order valence-corrected chi connectivity index (χ3v) is 5.09. The predicted octanol–water partition coefficient (Wildman–Crippen LogP) is 2.03. The van der Waals surface area contributed by atoms with Crippen molar-refractivity contribution in [3.63, 3.8) is 0 Å². The lowest BCUT2D eigenvalue weighted by atomic mass is 9.92. The van der Waals surface area contributed by atoms with E-state index in [1.54, 1.807) is 11.6 Å². The highest BCUT2D eigenvalue weighted by Gasteiger charge is 2.22. The smallest absolute Gasteiger partial charge is 0.254 e. The molecule has 3 aromatic rings. The van der Waals surface area contributed by atoms with Crippen LogP contribution in [0.5, 0.6) is 0 Å². The van der Waals surface area contributed by atoms with Crippen LogP contribution in [0.4, 0.5) is 23.1 Å². The molecule has 0 bridgehead atoms. The monoisotopic (exact) mass is 430 g/mol. The molecule has 1 aromatic carbocycles. The summed E-state index contributed by atoms with van der Waals surface area (Å²) in [7, 11) is 0. The van der Waals surface area contributed by atoms with Crippen LogP contribution >= 0.6 is 0 Å². The number of hydrogen-bond donors (Lipinski definition) is 5. The Morgan fingerprint density at radius 3 is 3.03 bits per heavy atom. The van der Waals surface area contributed by atoms with Gasteiger partial charge in [0.15, 0.2) is 5.69 Å².